The fraction of sp³-hybridized carbons (Fsp3) is 0.231. The monoisotopic (exact) mass is 197 g/mol. The van der Waals surface area contributed by atoms with Crippen molar-refractivity contribution >= 4 is 17.7 Å². The zero-order valence-electron chi connectivity index (χ0n) is 8.53. The van der Waals surface area contributed by atoms with Crippen LogP contribution in [0.4, 0.5) is 5.69 Å². The average Bonchev–Trinajstić information content (AvgIpc) is 2.72. The highest BCUT2D eigenvalue weighted by molar-refractivity contribution is 6.04. The normalized spacial score (nSPS) is 27.3. The number of nitrogens with zero attached hydrogens (tertiary/aromatic N) is 1. The number of carbonyl (C=O) groups excluding carboxylic acids is 1. The predicted octanol–water partition coefficient (Wildman–Crippen LogP) is 2.56. The Bertz CT molecular complexity index is 513. The third-order valence-electron chi connectivity index (χ3n) is 3.34. The van der Waals surface area contributed by atoms with Crippen LogP contribution in [0.15, 0.2) is 40.9 Å². The Morgan fingerprint density at radius 3 is 2.87 bits per heavy atom. The number of rotatable bonds is 0. The maximum atomic E-state index is 11.5. The van der Waals surface area contributed by atoms with E-state index in [4.69, 9.17) is 0 Å². The van der Waals surface area contributed by atoms with Crippen molar-refractivity contribution in [3.05, 3.63) is 41.5 Å². The van der Waals surface area contributed by atoms with Crippen molar-refractivity contribution in [1.29, 1.82) is 0 Å². The van der Waals surface area contributed by atoms with Gasteiger partial charge in [0.15, 0.2) is 5.78 Å². The summed E-state index contributed by atoms with van der Waals surface area (Å²) in [5.41, 5.74) is 3.05. The van der Waals surface area contributed by atoms with E-state index in [9.17, 15) is 4.79 Å². The molecule has 0 amide bonds. The van der Waals surface area contributed by atoms with Gasteiger partial charge in [0.05, 0.1) is 11.1 Å². The summed E-state index contributed by atoms with van der Waals surface area (Å²) in [6, 6.07) is 8.05. The quantitative estimate of drug-likeness (QED) is 0.628. The number of hydrogen-bond acceptors (Lipinski definition) is 2. The number of carbonyl (C=O) groups is 1. The van der Waals surface area contributed by atoms with Gasteiger partial charge in [-0.15, -0.1) is 0 Å². The number of ketones is 1. The minimum absolute atomic E-state index is 0.204. The summed E-state index contributed by atoms with van der Waals surface area (Å²) in [5, 5.41) is 0. The number of para-hydroxylation sites is 1. The molecule has 2 nitrogen and oxygen atoms in total. The summed E-state index contributed by atoms with van der Waals surface area (Å²) < 4.78 is 0. The van der Waals surface area contributed by atoms with E-state index in [1.54, 1.807) is 6.08 Å². The zero-order chi connectivity index (χ0) is 10.5. The molecule has 2 aliphatic rings. The molecule has 0 aromatic heterocycles. The largest absolute Gasteiger partial charge is 0.295 e. The molecule has 15 heavy (non-hydrogen) atoms. The molecular formula is C13H11NO. The molecule has 0 saturated carbocycles. The van der Waals surface area contributed by atoms with Crippen LogP contribution in [-0.2, 0) is 10.2 Å². The molecule has 74 valence electrons. The summed E-state index contributed by atoms with van der Waals surface area (Å²) in [4.78, 5) is 15.9. The second kappa shape index (κ2) is 2.66. The number of fused-ring (bicyclic) bond motifs is 2. The lowest BCUT2D eigenvalue weighted by Gasteiger charge is -2.22. The van der Waals surface area contributed by atoms with Crippen LogP contribution in [-0.4, -0.2) is 12.0 Å². The van der Waals surface area contributed by atoms with Gasteiger partial charge in [-0.05, 0) is 24.6 Å². The Hall–Kier alpha value is -1.70. The van der Waals surface area contributed by atoms with E-state index in [2.05, 4.69) is 11.1 Å². The Labute approximate surface area is 88.3 Å². The molecule has 1 heterocycles. The van der Waals surface area contributed by atoms with Crippen molar-refractivity contribution < 1.29 is 4.79 Å². The molecule has 0 radical (unpaired) electrons. The van der Waals surface area contributed by atoms with Crippen molar-refractivity contribution in [3.8, 4) is 0 Å². The van der Waals surface area contributed by atoms with Crippen molar-refractivity contribution in [3.63, 3.8) is 0 Å². The van der Waals surface area contributed by atoms with Gasteiger partial charge in [-0.25, -0.2) is 0 Å². The minimum atomic E-state index is -0.228. The molecule has 0 saturated heterocycles. The van der Waals surface area contributed by atoms with E-state index >= 15 is 0 Å². The number of benzene rings is 1. The molecule has 3 rings (SSSR count). The van der Waals surface area contributed by atoms with Crippen molar-refractivity contribution in [1.82, 2.24) is 0 Å². The second-order valence-corrected chi connectivity index (χ2v) is 4.22. The van der Waals surface area contributed by atoms with Crippen LogP contribution < -0.4 is 0 Å². The van der Waals surface area contributed by atoms with Crippen LogP contribution in [0.2, 0.25) is 0 Å². The number of hydrogen-bond donors (Lipinski definition) is 0. The molecular weight excluding hydrogens is 186 g/mol. The highest BCUT2D eigenvalue weighted by atomic mass is 16.1. The van der Waals surface area contributed by atoms with Gasteiger partial charge in [0.25, 0.3) is 0 Å². The topological polar surface area (TPSA) is 29.4 Å². The standard InChI is InChI=1S/C13H11NO/c1-9-6-10(15)7-13(9)8-14-12-5-3-2-4-11(12)13/h2-6,8H,7H2,1H3. The first-order valence-corrected chi connectivity index (χ1v) is 5.09. The lowest BCUT2D eigenvalue weighted by atomic mass is 9.77. The van der Waals surface area contributed by atoms with E-state index in [1.165, 1.54) is 5.56 Å². The predicted molar refractivity (Wildman–Crippen MR) is 59.7 cm³/mol. The molecule has 1 aliphatic heterocycles. The minimum Gasteiger partial charge on any atom is -0.295 e. The van der Waals surface area contributed by atoms with Crippen LogP contribution >= 0.6 is 0 Å². The summed E-state index contributed by atoms with van der Waals surface area (Å²) in [6.07, 6.45) is 4.21. The molecule has 1 unspecified atom stereocenters. The van der Waals surface area contributed by atoms with E-state index in [0.717, 1.165) is 11.3 Å². The zero-order valence-corrected chi connectivity index (χ0v) is 8.53. The van der Waals surface area contributed by atoms with Crippen LogP contribution in [0.25, 0.3) is 0 Å². The van der Waals surface area contributed by atoms with Gasteiger partial charge in [-0.2, -0.15) is 0 Å². The van der Waals surface area contributed by atoms with Gasteiger partial charge in [-0.1, -0.05) is 23.8 Å². The first-order chi connectivity index (χ1) is 7.22. The first-order valence-electron chi connectivity index (χ1n) is 5.09. The smallest absolute Gasteiger partial charge is 0.157 e. The van der Waals surface area contributed by atoms with Crippen LogP contribution in [0.5, 0.6) is 0 Å². The first kappa shape index (κ1) is 8.60. The summed E-state index contributed by atoms with van der Waals surface area (Å²) >= 11 is 0. The molecule has 0 N–H and O–H groups in total. The van der Waals surface area contributed by atoms with Gasteiger partial charge in [0, 0.05) is 12.6 Å². The maximum absolute atomic E-state index is 11.5. The Morgan fingerprint density at radius 1 is 1.33 bits per heavy atom. The third-order valence-corrected chi connectivity index (χ3v) is 3.34. The van der Waals surface area contributed by atoms with Gasteiger partial charge < -0.3 is 0 Å². The third kappa shape index (κ3) is 0.990. The molecule has 0 fully saturated rings. The van der Waals surface area contributed by atoms with Crippen molar-refractivity contribution in [2.24, 2.45) is 4.99 Å². The summed E-state index contributed by atoms with van der Waals surface area (Å²) in [6.45, 7) is 2.01. The second-order valence-electron chi connectivity index (χ2n) is 4.22. The Morgan fingerprint density at radius 2 is 2.13 bits per heavy atom. The molecule has 1 spiro atoms. The van der Waals surface area contributed by atoms with Crippen molar-refractivity contribution in [2.75, 3.05) is 0 Å². The number of allylic oxidation sites excluding steroid dienone is 2. The van der Waals surface area contributed by atoms with E-state index in [0.29, 0.717) is 6.42 Å². The molecule has 1 aromatic carbocycles. The molecule has 1 atom stereocenters. The van der Waals surface area contributed by atoms with Gasteiger partial charge in [0.1, 0.15) is 0 Å². The molecule has 1 aromatic rings. The molecule has 2 heteroatoms. The van der Waals surface area contributed by atoms with E-state index < -0.39 is 0 Å². The fourth-order valence-electron chi connectivity index (χ4n) is 2.50. The van der Waals surface area contributed by atoms with Crippen LogP contribution in [0, 0.1) is 0 Å². The lowest BCUT2D eigenvalue weighted by molar-refractivity contribution is -0.114. The molecule has 1 aliphatic carbocycles. The SMILES string of the molecule is CC1=CC(=O)CC12C=Nc1ccccc12. The molecule has 0 bridgehead atoms. The van der Waals surface area contributed by atoms with E-state index in [1.807, 2.05) is 31.3 Å². The fourth-order valence-corrected chi connectivity index (χ4v) is 2.50. The van der Waals surface area contributed by atoms with Crippen LogP contribution in [0.3, 0.4) is 0 Å². The number of aliphatic imine (C=N–C) groups is 1. The maximum Gasteiger partial charge on any atom is 0.157 e. The Kier molecular flexibility index (Phi) is 1.52. The highest BCUT2D eigenvalue weighted by Gasteiger charge is 2.42. The van der Waals surface area contributed by atoms with Crippen molar-refractivity contribution in [2.45, 2.75) is 18.8 Å². The average molecular weight is 197 g/mol. The van der Waals surface area contributed by atoms with Gasteiger partial charge in [0.2, 0.25) is 0 Å². The lowest BCUT2D eigenvalue weighted by Crippen LogP contribution is -2.24. The summed E-state index contributed by atoms with van der Waals surface area (Å²) in [5.74, 6) is 0.204. The van der Waals surface area contributed by atoms with Gasteiger partial charge >= 0.3 is 0 Å². The van der Waals surface area contributed by atoms with Crippen LogP contribution in [0.1, 0.15) is 18.9 Å². The Balaban J connectivity index is 2.23. The summed E-state index contributed by atoms with van der Waals surface area (Å²) in [7, 11) is 0. The highest BCUT2D eigenvalue weighted by Crippen LogP contribution is 2.46. The van der Waals surface area contributed by atoms with E-state index in [-0.39, 0.29) is 11.2 Å². The van der Waals surface area contributed by atoms with Gasteiger partial charge in [-0.3, -0.25) is 9.79 Å².